The van der Waals surface area contributed by atoms with Crippen LogP contribution in [0.3, 0.4) is 0 Å². The molecule has 1 aromatic carbocycles. The summed E-state index contributed by atoms with van der Waals surface area (Å²) < 4.78 is 9.35. The number of nitro groups is 1. The minimum absolute atomic E-state index is 0.0373. The van der Waals surface area contributed by atoms with Crippen LogP contribution in [-0.4, -0.2) is 29.5 Å². The molecule has 0 radical (unpaired) electrons. The fourth-order valence-corrected chi connectivity index (χ4v) is 3.27. The number of rotatable bonds is 7. The molecule has 1 atom stereocenters. The van der Waals surface area contributed by atoms with Crippen LogP contribution in [0.5, 0.6) is 5.75 Å². The first-order valence-electron chi connectivity index (χ1n) is 8.28. The summed E-state index contributed by atoms with van der Waals surface area (Å²) in [5.74, 6) is 1.88. The average Bonchev–Trinajstić information content (AvgIpc) is 3.23. The van der Waals surface area contributed by atoms with E-state index in [-0.39, 0.29) is 11.8 Å². The van der Waals surface area contributed by atoms with Crippen LogP contribution in [0.4, 0.5) is 5.69 Å². The van der Waals surface area contributed by atoms with E-state index in [0.717, 1.165) is 5.75 Å². The van der Waals surface area contributed by atoms with Crippen molar-refractivity contribution in [3.8, 4) is 5.75 Å². The van der Waals surface area contributed by atoms with E-state index in [1.54, 1.807) is 0 Å². The fourth-order valence-electron chi connectivity index (χ4n) is 2.49. The number of ether oxygens (including phenoxy) is 1. The molecule has 3 aromatic rings. The van der Waals surface area contributed by atoms with Gasteiger partial charge in [-0.05, 0) is 44.0 Å². The third kappa shape index (κ3) is 4.27. The molecular weight excluding hydrogens is 368 g/mol. The Morgan fingerprint density at radius 1 is 1.30 bits per heavy atom. The molecule has 2 heterocycles. The predicted octanol–water partition coefficient (Wildman–Crippen LogP) is 3.43. The van der Waals surface area contributed by atoms with Gasteiger partial charge in [-0.1, -0.05) is 17.8 Å². The number of aryl methyl sites for hydroxylation is 2. The van der Waals surface area contributed by atoms with E-state index in [9.17, 15) is 10.1 Å². The van der Waals surface area contributed by atoms with Crippen LogP contribution < -0.4 is 4.74 Å². The number of aromatic nitrogens is 5. The lowest BCUT2D eigenvalue weighted by molar-refractivity contribution is -0.385. The zero-order valence-corrected chi connectivity index (χ0v) is 16.3. The maximum atomic E-state index is 10.7. The van der Waals surface area contributed by atoms with Crippen molar-refractivity contribution < 1.29 is 9.66 Å². The average molecular weight is 388 g/mol. The Morgan fingerprint density at radius 3 is 2.74 bits per heavy atom. The molecule has 0 bridgehead atoms. The second-order valence-corrected chi connectivity index (χ2v) is 7.09. The van der Waals surface area contributed by atoms with E-state index >= 15 is 0 Å². The first-order chi connectivity index (χ1) is 12.8. The monoisotopic (exact) mass is 388 g/mol. The summed E-state index contributed by atoms with van der Waals surface area (Å²) in [7, 11) is 1.86. The number of nitrogens with zero attached hydrogens (tertiary/aromatic N) is 6. The minimum atomic E-state index is -0.472. The van der Waals surface area contributed by atoms with Crippen LogP contribution in [0.1, 0.15) is 30.0 Å². The van der Waals surface area contributed by atoms with Gasteiger partial charge in [-0.25, -0.2) is 0 Å². The molecule has 0 spiro atoms. The zero-order valence-electron chi connectivity index (χ0n) is 15.5. The molecule has 10 heteroatoms. The van der Waals surface area contributed by atoms with E-state index in [1.165, 1.54) is 40.0 Å². The minimum Gasteiger partial charge on any atom is -0.483 e. The van der Waals surface area contributed by atoms with Gasteiger partial charge in [0, 0.05) is 7.05 Å². The highest BCUT2D eigenvalue weighted by molar-refractivity contribution is 7.98. The summed E-state index contributed by atoms with van der Waals surface area (Å²) in [4.78, 5) is 10.2. The standard InChI is InChI=1S/C17H20N6O3S/c1-11-5-6-15(7-12(11)2)26-13(3)16-19-20-17(21(16)4)27-10-22-9-14(8-18-22)23(24)25/h5-9,13H,10H2,1-4H3. The van der Waals surface area contributed by atoms with Gasteiger partial charge in [0.1, 0.15) is 18.1 Å². The molecule has 0 saturated carbocycles. The van der Waals surface area contributed by atoms with Gasteiger partial charge in [-0.15, -0.1) is 10.2 Å². The molecule has 0 saturated heterocycles. The lowest BCUT2D eigenvalue weighted by Crippen LogP contribution is -2.10. The Bertz CT molecular complexity index is 967. The Balaban J connectivity index is 1.66. The maximum Gasteiger partial charge on any atom is 0.307 e. The Morgan fingerprint density at radius 2 is 2.07 bits per heavy atom. The van der Waals surface area contributed by atoms with Gasteiger partial charge >= 0.3 is 5.69 Å². The van der Waals surface area contributed by atoms with Crippen LogP contribution in [0.2, 0.25) is 0 Å². The molecule has 0 amide bonds. The second kappa shape index (κ2) is 7.78. The quantitative estimate of drug-likeness (QED) is 0.347. The van der Waals surface area contributed by atoms with Crippen molar-refractivity contribution >= 4 is 17.4 Å². The van der Waals surface area contributed by atoms with E-state index in [4.69, 9.17) is 4.74 Å². The fraction of sp³-hybridized carbons (Fsp3) is 0.353. The Labute approximate surface area is 160 Å². The van der Waals surface area contributed by atoms with Gasteiger partial charge in [-0.3, -0.25) is 14.8 Å². The van der Waals surface area contributed by atoms with Crippen molar-refractivity contribution in [2.45, 2.75) is 37.9 Å². The van der Waals surface area contributed by atoms with Gasteiger partial charge in [0.15, 0.2) is 17.1 Å². The van der Waals surface area contributed by atoms with Crippen LogP contribution in [0.15, 0.2) is 35.7 Å². The molecular formula is C17H20N6O3S. The summed E-state index contributed by atoms with van der Waals surface area (Å²) in [5, 5.41) is 23.8. The molecule has 27 heavy (non-hydrogen) atoms. The lowest BCUT2D eigenvalue weighted by Gasteiger charge is -2.15. The van der Waals surface area contributed by atoms with E-state index in [0.29, 0.717) is 16.9 Å². The molecule has 3 rings (SSSR count). The summed E-state index contributed by atoms with van der Waals surface area (Å²) in [5.41, 5.74) is 2.35. The summed E-state index contributed by atoms with van der Waals surface area (Å²) in [6.45, 7) is 6.02. The maximum absolute atomic E-state index is 10.7. The van der Waals surface area contributed by atoms with Crippen molar-refractivity contribution in [1.29, 1.82) is 0 Å². The highest BCUT2D eigenvalue weighted by atomic mass is 32.2. The van der Waals surface area contributed by atoms with Crippen molar-refractivity contribution in [2.75, 3.05) is 0 Å². The molecule has 0 fully saturated rings. The summed E-state index contributed by atoms with van der Waals surface area (Å²) in [6.07, 6.45) is 2.34. The van der Waals surface area contributed by atoms with Gasteiger partial charge in [0.05, 0.1) is 10.8 Å². The molecule has 142 valence electrons. The number of hydrogen-bond acceptors (Lipinski definition) is 7. The molecule has 0 aliphatic heterocycles. The Hall–Kier alpha value is -2.88. The number of benzene rings is 1. The van der Waals surface area contributed by atoms with E-state index < -0.39 is 4.92 Å². The number of thioether (sulfide) groups is 1. The van der Waals surface area contributed by atoms with E-state index in [2.05, 4.69) is 22.2 Å². The molecule has 0 N–H and O–H groups in total. The molecule has 0 aliphatic carbocycles. The lowest BCUT2D eigenvalue weighted by atomic mass is 10.1. The number of hydrogen-bond donors (Lipinski definition) is 0. The molecule has 0 aliphatic rings. The Kier molecular flexibility index (Phi) is 5.45. The normalized spacial score (nSPS) is 12.1. The van der Waals surface area contributed by atoms with Crippen LogP contribution in [0, 0.1) is 24.0 Å². The third-order valence-electron chi connectivity index (χ3n) is 4.18. The zero-order chi connectivity index (χ0) is 19.6. The highest BCUT2D eigenvalue weighted by Crippen LogP contribution is 2.25. The van der Waals surface area contributed by atoms with E-state index in [1.807, 2.05) is 43.7 Å². The van der Waals surface area contributed by atoms with Crippen molar-refractivity contribution in [3.05, 3.63) is 57.7 Å². The first kappa shape index (κ1) is 18.9. The smallest absolute Gasteiger partial charge is 0.307 e. The van der Waals surface area contributed by atoms with Gasteiger partial charge < -0.3 is 9.30 Å². The predicted molar refractivity (Wildman–Crippen MR) is 101 cm³/mol. The van der Waals surface area contributed by atoms with Crippen molar-refractivity contribution in [3.63, 3.8) is 0 Å². The topological polar surface area (TPSA) is 101 Å². The van der Waals surface area contributed by atoms with Crippen molar-refractivity contribution in [1.82, 2.24) is 24.5 Å². The summed E-state index contributed by atoms with van der Waals surface area (Å²) in [6, 6.07) is 5.97. The molecule has 2 aromatic heterocycles. The van der Waals surface area contributed by atoms with Gasteiger partial charge in [-0.2, -0.15) is 5.10 Å². The molecule has 9 nitrogen and oxygen atoms in total. The SMILES string of the molecule is Cc1ccc(OC(C)c2nnc(SCn3cc([N+](=O)[O-])cn3)n2C)cc1C. The van der Waals surface area contributed by atoms with Crippen LogP contribution in [0.25, 0.3) is 0 Å². The van der Waals surface area contributed by atoms with Crippen LogP contribution in [-0.2, 0) is 12.9 Å². The highest BCUT2D eigenvalue weighted by Gasteiger charge is 2.18. The summed E-state index contributed by atoms with van der Waals surface area (Å²) >= 11 is 1.39. The van der Waals surface area contributed by atoms with Gasteiger partial charge in [0.25, 0.3) is 0 Å². The largest absolute Gasteiger partial charge is 0.483 e. The third-order valence-corrected chi connectivity index (χ3v) is 5.19. The first-order valence-corrected chi connectivity index (χ1v) is 9.26. The van der Waals surface area contributed by atoms with Crippen molar-refractivity contribution in [2.24, 2.45) is 7.05 Å². The second-order valence-electron chi connectivity index (χ2n) is 6.17. The van der Waals surface area contributed by atoms with Gasteiger partial charge in [0.2, 0.25) is 0 Å². The van der Waals surface area contributed by atoms with Crippen LogP contribution >= 0.6 is 11.8 Å². The molecule has 1 unspecified atom stereocenters.